The highest BCUT2D eigenvalue weighted by Gasteiger charge is 2.42. The van der Waals surface area contributed by atoms with Gasteiger partial charge in [-0.2, -0.15) is 0 Å². The van der Waals surface area contributed by atoms with Gasteiger partial charge in [0.05, 0.1) is 22.4 Å². The maximum absolute atomic E-state index is 7.00. The number of anilines is 2. The Morgan fingerprint density at radius 1 is 0.949 bits per heavy atom. The molecule has 2 aromatic carbocycles. The number of nitrogens with zero attached hydrogens (tertiary/aromatic N) is 4. The highest BCUT2D eigenvalue weighted by molar-refractivity contribution is 9.10. The molecule has 8 heteroatoms. The Kier molecular flexibility index (Phi) is 7.40. The van der Waals surface area contributed by atoms with Crippen molar-refractivity contribution >= 4 is 56.2 Å². The van der Waals surface area contributed by atoms with Crippen molar-refractivity contribution in [3.8, 4) is 5.69 Å². The summed E-state index contributed by atoms with van der Waals surface area (Å²) in [5, 5.41) is 4.98. The van der Waals surface area contributed by atoms with Crippen LogP contribution in [0.15, 0.2) is 89.7 Å². The molecular formula is C31H31BrClN5S. The molecule has 39 heavy (non-hydrogen) atoms. The van der Waals surface area contributed by atoms with Crippen LogP contribution in [-0.2, 0) is 0 Å². The lowest BCUT2D eigenvalue weighted by molar-refractivity contribution is 0.357. The molecule has 4 heterocycles. The topological polar surface area (TPSA) is 36.3 Å². The number of hydrogen-bond donors (Lipinski definition) is 1. The Bertz CT molecular complexity index is 1480. The molecule has 1 N–H and O–H groups in total. The summed E-state index contributed by atoms with van der Waals surface area (Å²) in [6.45, 7) is 6.69. The average Bonchev–Trinajstić information content (AvgIpc) is 3.53. The summed E-state index contributed by atoms with van der Waals surface area (Å²) in [5.74, 6) is 1.29. The fourth-order valence-electron chi connectivity index (χ4n) is 6.19. The number of aromatic nitrogens is 2. The van der Waals surface area contributed by atoms with Crippen molar-refractivity contribution in [2.45, 2.75) is 32.4 Å². The van der Waals surface area contributed by atoms with Gasteiger partial charge in [0.2, 0.25) is 0 Å². The van der Waals surface area contributed by atoms with E-state index in [2.05, 4.69) is 110 Å². The predicted molar refractivity (Wildman–Crippen MR) is 168 cm³/mol. The first kappa shape index (κ1) is 26.4. The van der Waals surface area contributed by atoms with Crippen LogP contribution in [0.25, 0.3) is 5.69 Å². The van der Waals surface area contributed by atoms with Gasteiger partial charge in [0.15, 0.2) is 5.11 Å². The lowest BCUT2D eigenvalue weighted by Gasteiger charge is -2.37. The average molecular weight is 621 g/mol. The molecule has 0 aliphatic carbocycles. The van der Waals surface area contributed by atoms with E-state index >= 15 is 0 Å². The van der Waals surface area contributed by atoms with Crippen LogP contribution in [0.3, 0.4) is 0 Å². The van der Waals surface area contributed by atoms with E-state index in [4.69, 9.17) is 28.8 Å². The predicted octanol–water partition coefficient (Wildman–Crippen LogP) is 7.95. The minimum Gasteiger partial charge on any atom is -0.370 e. The van der Waals surface area contributed by atoms with Gasteiger partial charge in [0.1, 0.15) is 6.04 Å². The van der Waals surface area contributed by atoms with Crippen LogP contribution in [0, 0.1) is 11.8 Å². The number of hydrogen-bond acceptors (Lipinski definition) is 3. The van der Waals surface area contributed by atoms with Crippen LogP contribution in [-0.4, -0.2) is 27.8 Å². The Hall–Kier alpha value is -2.87. The van der Waals surface area contributed by atoms with Gasteiger partial charge in [0, 0.05) is 47.0 Å². The van der Waals surface area contributed by atoms with Crippen LogP contribution >= 0.6 is 39.7 Å². The van der Waals surface area contributed by atoms with Gasteiger partial charge >= 0.3 is 0 Å². The van der Waals surface area contributed by atoms with Crippen molar-refractivity contribution in [3.63, 3.8) is 0 Å². The molecule has 0 bridgehead atoms. The Morgan fingerprint density at radius 2 is 1.77 bits per heavy atom. The van der Waals surface area contributed by atoms with E-state index in [9.17, 15) is 0 Å². The van der Waals surface area contributed by atoms with E-state index in [1.807, 2.05) is 24.4 Å². The quantitative estimate of drug-likeness (QED) is 0.229. The van der Waals surface area contributed by atoms with E-state index in [0.717, 1.165) is 51.0 Å². The first-order chi connectivity index (χ1) is 18.9. The van der Waals surface area contributed by atoms with E-state index in [1.165, 1.54) is 6.42 Å². The molecule has 5 nitrogen and oxygen atoms in total. The highest BCUT2D eigenvalue weighted by Crippen LogP contribution is 2.44. The summed E-state index contributed by atoms with van der Waals surface area (Å²) in [5.41, 5.74) is 5.17. The maximum atomic E-state index is 7.00. The third kappa shape index (κ3) is 5.20. The van der Waals surface area contributed by atoms with Gasteiger partial charge in [-0.25, -0.2) is 0 Å². The van der Waals surface area contributed by atoms with E-state index < -0.39 is 0 Å². The fourth-order valence-corrected chi connectivity index (χ4v) is 7.22. The maximum Gasteiger partial charge on any atom is 0.174 e. The van der Waals surface area contributed by atoms with Crippen molar-refractivity contribution in [3.05, 3.63) is 106 Å². The second kappa shape index (κ2) is 11.0. The van der Waals surface area contributed by atoms with Crippen LogP contribution in [0.4, 0.5) is 11.4 Å². The summed E-state index contributed by atoms with van der Waals surface area (Å²) in [6, 6.07) is 24.7. The second-order valence-corrected chi connectivity index (χ2v) is 12.5. The second-order valence-electron chi connectivity index (χ2n) is 10.8. The number of benzene rings is 2. The summed E-state index contributed by atoms with van der Waals surface area (Å²) < 4.78 is 3.25. The first-order valence-corrected chi connectivity index (χ1v) is 15.0. The minimum absolute atomic E-state index is 0.137. The van der Waals surface area contributed by atoms with Crippen molar-refractivity contribution in [2.75, 3.05) is 22.9 Å². The molecule has 2 fully saturated rings. The molecule has 2 aliphatic rings. The molecule has 4 aromatic rings. The number of rotatable bonds is 5. The smallest absolute Gasteiger partial charge is 0.174 e. The number of thiocarbonyl (C=S) groups is 1. The highest BCUT2D eigenvalue weighted by atomic mass is 79.9. The van der Waals surface area contributed by atoms with Gasteiger partial charge in [-0.1, -0.05) is 53.5 Å². The molecule has 0 spiro atoms. The summed E-state index contributed by atoms with van der Waals surface area (Å²) in [4.78, 5) is 9.33. The standard InChI is InChI=1S/C31H31BrClN5S/c1-20-15-21(2)19-36(18-20)27-12-11-24(17-25(27)33)38-30(29(35-31(38)39)26-9-3-4-13-34-26)28-10-6-14-37(28)23-8-5-7-22(32)16-23/h3-14,16-17,20-21,29-30H,15,18-19H2,1-2H3,(H,35,39)/t20-,21+,29-,30+/m1/s1. The van der Waals surface area contributed by atoms with Crippen molar-refractivity contribution < 1.29 is 0 Å². The number of pyridine rings is 1. The number of nitrogens with one attached hydrogen (secondary N) is 1. The van der Waals surface area contributed by atoms with Crippen molar-refractivity contribution in [1.82, 2.24) is 14.9 Å². The monoisotopic (exact) mass is 619 g/mol. The third-order valence-electron chi connectivity index (χ3n) is 7.69. The van der Waals surface area contributed by atoms with Gasteiger partial charge < -0.3 is 19.7 Å². The SMILES string of the molecule is C[C@@H]1C[C@H](C)CN(c2ccc(N3C(=S)N[C@H](c4ccccn4)[C@@H]3c3cccn3-c3cccc(Br)c3)cc2Cl)C1. The molecule has 0 saturated carbocycles. The Morgan fingerprint density at radius 3 is 2.49 bits per heavy atom. The molecule has 200 valence electrons. The van der Waals surface area contributed by atoms with Gasteiger partial charge in [-0.15, -0.1) is 0 Å². The first-order valence-electron chi connectivity index (χ1n) is 13.4. The molecule has 0 unspecified atom stereocenters. The number of piperidine rings is 1. The Balaban J connectivity index is 1.43. The molecule has 6 rings (SSSR count). The lowest BCUT2D eigenvalue weighted by Crippen LogP contribution is -2.38. The number of halogens is 2. The zero-order valence-corrected chi connectivity index (χ0v) is 25.1. The minimum atomic E-state index is -0.140. The lowest BCUT2D eigenvalue weighted by atomic mass is 9.91. The summed E-state index contributed by atoms with van der Waals surface area (Å²) in [6.07, 6.45) is 5.19. The largest absolute Gasteiger partial charge is 0.370 e. The molecule has 0 amide bonds. The van der Waals surface area contributed by atoms with Crippen LogP contribution < -0.4 is 15.1 Å². The van der Waals surface area contributed by atoms with E-state index in [0.29, 0.717) is 16.9 Å². The summed E-state index contributed by atoms with van der Waals surface area (Å²) in [7, 11) is 0. The molecule has 2 aromatic heterocycles. The molecule has 2 aliphatic heterocycles. The van der Waals surface area contributed by atoms with Crippen LogP contribution in [0.2, 0.25) is 5.02 Å². The fraction of sp³-hybridized carbons (Fsp3) is 0.290. The molecule has 4 atom stereocenters. The van der Waals surface area contributed by atoms with Gasteiger partial charge in [0.25, 0.3) is 0 Å². The molecule has 0 radical (unpaired) electrons. The zero-order valence-electron chi connectivity index (χ0n) is 22.0. The zero-order chi connectivity index (χ0) is 27.1. The van der Waals surface area contributed by atoms with Gasteiger partial charge in [-0.3, -0.25) is 4.98 Å². The van der Waals surface area contributed by atoms with E-state index in [1.54, 1.807) is 0 Å². The normalized spacial score (nSPS) is 23.2. The van der Waals surface area contributed by atoms with Crippen molar-refractivity contribution in [1.29, 1.82) is 0 Å². The van der Waals surface area contributed by atoms with Crippen LogP contribution in [0.1, 0.15) is 43.7 Å². The van der Waals surface area contributed by atoms with Crippen molar-refractivity contribution in [2.24, 2.45) is 11.8 Å². The van der Waals surface area contributed by atoms with Crippen LogP contribution in [0.5, 0.6) is 0 Å². The van der Waals surface area contributed by atoms with Gasteiger partial charge in [-0.05, 0) is 91.1 Å². The summed E-state index contributed by atoms with van der Waals surface area (Å²) >= 11 is 16.6. The molecule has 2 saturated heterocycles. The van der Waals surface area contributed by atoms with E-state index in [-0.39, 0.29) is 12.1 Å². The third-order valence-corrected chi connectivity index (χ3v) is 8.80. The Labute approximate surface area is 248 Å². The molecular weight excluding hydrogens is 590 g/mol.